The Morgan fingerprint density at radius 3 is 2.40 bits per heavy atom. The largest absolute Gasteiger partial charge is 0.493 e. The highest BCUT2D eigenvalue weighted by molar-refractivity contribution is 9.09. The molecular formula is C17H15BrO2. The highest BCUT2D eigenvalue weighted by atomic mass is 79.9. The predicted molar refractivity (Wildman–Crippen MR) is 85.5 cm³/mol. The molecule has 0 aromatic heterocycles. The first kappa shape index (κ1) is 14.5. The number of carbonyl (C=O) groups is 1. The molecule has 3 heteroatoms. The predicted octanol–water partition coefficient (Wildman–Crippen LogP) is 4.36. The number of ketones is 1. The Hall–Kier alpha value is -1.87. The number of ether oxygens (including phenoxy) is 1. The molecule has 0 amide bonds. The van der Waals surface area contributed by atoms with Crippen LogP contribution in [0.2, 0.25) is 0 Å². The molecule has 2 nitrogen and oxygen atoms in total. The molecular weight excluding hydrogens is 316 g/mol. The quantitative estimate of drug-likeness (QED) is 0.447. The summed E-state index contributed by atoms with van der Waals surface area (Å²) in [6.45, 7) is 0.612. The zero-order valence-electron chi connectivity index (χ0n) is 11.0. The Labute approximate surface area is 127 Å². The number of carbonyl (C=O) groups excluding carboxylic acids is 1. The van der Waals surface area contributed by atoms with Crippen LogP contribution >= 0.6 is 15.9 Å². The third-order valence-electron chi connectivity index (χ3n) is 2.71. The van der Waals surface area contributed by atoms with Gasteiger partial charge in [0.1, 0.15) is 5.75 Å². The van der Waals surface area contributed by atoms with E-state index in [0.717, 1.165) is 16.6 Å². The van der Waals surface area contributed by atoms with Crippen LogP contribution < -0.4 is 4.74 Å². The second-order valence-corrected chi connectivity index (χ2v) is 4.96. The zero-order valence-corrected chi connectivity index (χ0v) is 12.5. The number of allylic oxidation sites excluding steroid dienone is 1. The van der Waals surface area contributed by atoms with E-state index in [9.17, 15) is 4.79 Å². The summed E-state index contributed by atoms with van der Waals surface area (Å²) in [5.74, 6) is 0.758. The van der Waals surface area contributed by atoms with E-state index >= 15 is 0 Å². The summed E-state index contributed by atoms with van der Waals surface area (Å²) >= 11 is 3.30. The maximum atomic E-state index is 12.0. The Morgan fingerprint density at radius 1 is 1.05 bits per heavy atom. The third kappa shape index (κ3) is 4.35. The minimum Gasteiger partial charge on any atom is -0.493 e. The van der Waals surface area contributed by atoms with Crippen LogP contribution in [0.4, 0.5) is 0 Å². The van der Waals surface area contributed by atoms with Crippen molar-refractivity contribution in [3.63, 3.8) is 0 Å². The van der Waals surface area contributed by atoms with Crippen LogP contribution in [0.1, 0.15) is 15.9 Å². The van der Waals surface area contributed by atoms with E-state index in [1.807, 2.05) is 48.5 Å². The Morgan fingerprint density at radius 2 is 1.75 bits per heavy atom. The fourth-order valence-corrected chi connectivity index (χ4v) is 1.87. The van der Waals surface area contributed by atoms with Crippen molar-refractivity contribution < 1.29 is 9.53 Å². The highest BCUT2D eigenvalue weighted by Crippen LogP contribution is 2.13. The van der Waals surface area contributed by atoms with E-state index < -0.39 is 0 Å². The van der Waals surface area contributed by atoms with Crippen LogP contribution in [0.3, 0.4) is 0 Å². The lowest BCUT2D eigenvalue weighted by Crippen LogP contribution is -1.99. The van der Waals surface area contributed by atoms with E-state index in [2.05, 4.69) is 15.9 Å². The van der Waals surface area contributed by atoms with Gasteiger partial charge in [-0.2, -0.15) is 0 Å². The maximum absolute atomic E-state index is 12.0. The van der Waals surface area contributed by atoms with Gasteiger partial charge in [-0.3, -0.25) is 4.79 Å². The SMILES string of the molecule is O=C(/C=C/c1ccccc1)c1ccc(OCCBr)cc1. The molecule has 0 aliphatic heterocycles. The molecule has 0 saturated carbocycles. The molecule has 2 aromatic carbocycles. The van der Waals surface area contributed by atoms with Gasteiger partial charge in [0.05, 0.1) is 6.61 Å². The summed E-state index contributed by atoms with van der Waals surface area (Å²) in [7, 11) is 0. The number of benzene rings is 2. The van der Waals surface area contributed by atoms with Gasteiger partial charge < -0.3 is 4.74 Å². The molecule has 0 spiro atoms. The minimum atomic E-state index is -0.0131. The Kier molecular flexibility index (Phi) is 5.56. The number of hydrogen-bond acceptors (Lipinski definition) is 2. The van der Waals surface area contributed by atoms with Crippen molar-refractivity contribution in [1.82, 2.24) is 0 Å². The van der Waals surface area contributed by atoms with Crippen LogP contribution in [0.5, 0.6) is 5.75 Å². The van der Waals surface area contributed by atoms with Gasteiger partial charge in [-0.15, -0.1) is 0 Å². The fourth-order valence-electron chi connectivity index (χ4n) is 1.70. The van der Waals surface area contributed by atoms with E-state index in [-0.39, 0.29) is 5.78 Å². The van der Waals surface area contributed by atoms with Gasteiger partial charge in [0.15, 0.2) is 5.78 Å². The molecule has 0 unspecified atom stereocenters. The van der Waals surface area contributed by atoms with E-state index in [4.69, 9.17) is 4.74 Å². The molecule has 0 bridgehead atoms. The maximum Gasteiger partial charge on any atom is 0.185 e. The Balaban J connectivity index is 2.00. The van der Waals surface area contributed by atoms with Crippen molar-refractivity contribution in [3.05, 3.63) is 71.8 Å². The summed E-state index contributed by atoms with van der Waals surface area (Å²) in [6.07, 6.45) is 3.40. The number of alkyl halides is 1. The van der Waals surface area contributed by atoms with Gasteiger partial charge in [0, 0.05) is 10.9 Å². The summed E-state index contributed by atoms with van der Waals surface area (Å²) in [6, 6.07) is 16.9. The third-order valence-corrected chi connectivity index (χ3v) is 3.04. The number of rotatable bonds is 6. The second-order valence-electron chi connectivity index (χ2n) is 4.17. The first-order chi connectivity index (χ1) is 9.79. The van der Waals surface area contributed by atoms with Crippen molar-refractivity contribution in [2.75, 3.05) is 11.9 Å². The molecule has 20 heavy (non-hydrogen) atoms. The van der Waals surface area contributed by atoms with E-state index in [1.54, 1.807) is 18.2 Å². The van der Waals surface area contributed by atoms with Crippen molar-refractivity contribution in [2.24, 2.45) is 0 Å². The normalized spacial score (nSPS) is 10.7. The first-order valence-corrected chi connectivity index (χ1v) is 7.48. The lowest BCUT2D eigenvalue weighted by molar-refractivity contribution is 0.104. The second kappa shape index (κ2) is 7.65. The van der Waals surface area contributed by atoms with E-state index in [0.29, 0.717) is 12.2 Å². The topological polar surface area (TPSA) is 26.3 Å². The molecule has 0 N–H and O–H groups in total. The van der Waals surface area contributed by atoms with Gasteiger partial charge in [-0.05, 0) is 35.9 Å². The minimum absolute atomic E-state index is 0.0131. The van der Waals surface area contributed by atoms with E-state index in [1.165, 1.54) is 0 Å². The summed E-state index contributed by atoms with van der Waals surface area (Å²) in [5.41, 5.74) is 1.67. The average Bonchev–Trinajstić information content (AvgIpc) is 2.52. The summed E-state index contributed by atoms with van der Waals surface area (Å²) in [4.78, 5) is 12.0. The molecule has 0 radical (unpaired) electrons. The van der Waals surface area contributed by atoms with Gasteiger partial charge in [-0.25, -0.2) is 0 Å². The van der Waals surface area contributed by atoms with Crippen LogP contribution in [0.25, 0.3) is 6.08 Å². The zero-order chi connectivity index (χ0) is 14.2. The number of hydrogen-bond donors (Lipinski definition) is 0. The van der Waals surface area contributed by atoms with Crippen molar-refractivity contribution in [3.8, 4) is 5.75 Å². The molecule has 0 aliphatic rings. The first-order valence-electron chi connectivity index (χ1n) is 6.36. The van der Waals surface area contributed by atoms with Crippen molar-refractivity contribution >= 4 is 27.8 Å². The van der Waals surface area contributed by atoms with Gasteiger partial charge in [-0.1, -0.05) is 52.3 Å². The molecule has 0 saturated heterocycles. The fraction of sp³-hybridized carbons (Fsp3) is 0.118. The lowest BCUT2D eigenvalue weighted by atomic mass is 10.1. The molecule has 2 rings (SSSR count). The molecule has 0 aliphatic carbocycles. The van der Waals surface area contributed by atoms with Crippen LogP contribution in [-0.4, -0.2) is 17.7 Å². The Bertz CT molecular complexity index is 574. The molecule has 0 atom stereocenters. The molecule has 0 fully saturated rings. The summed E-state index contributed by atoms with van der Waals surface area (Å²) in [5, 5.41) is 0.785. The van der Waals surface area contributed by atoms with Crippen LogP contribution in [0.15, 0.2) is 60.7 Å². The smallest absolute Gasteiger partial charge is 0.185 e. The average molecular weight is 331 g/mol. The number of halogens is 1. The van der Waals surface area contributed by atoms with Gasteiger partial charge >= 0.3 is 0 Å². The lowest BCUT2D eigenvalue weighted by Gasteiger charge is -2.04. The monoisotopic (exact) mass is 330 g/mol. The standard InChI is InChI=1S/C17H15BrO2/c18-12-13-20-16-9-7-15(8-10-16)17(19)11-6-14-4-2-1-3-5-14/h1-11H,12-13H2/b11-6+. The summed E-state index contributed by atoms with van der Waals surface area (Å²) < 4.78 is 5.44. The molecule has 0 heterocycles. The molecule has 102 valence electrons. The van der Waals surface area contributed by atoms with Gasteiger partial charge in [0.2, 0.25) is 0 Å². The van der Waals surface area contributed by atoms with Crippen LogP contribution in [-0.2, 0) is 0 Å². The molecule has 2 aromatic rings. The van der Waals surface area contributed by atoms with Crippen LogP contribution in [0, 0.1) is 0 Å². The van der Waals surface area contributed by atoms with Gasteiger partial charge in [0.25, 0.3) is 0 Å². The van der Waals surface area contributed by atoms with Crippen molar-refractivity contribution in [1.29, 1.82) is 0 Å². The highest BCUT2D eigenvalue weighted by Gasteiger charge is 2.02. The van der Waals surface area contributed by atoms with Crippen molar-refractivity contribution in [2.45, 2.75) is 0 Å².